The van der Waals surface area contributed by atoms with Gasteiger partial charge < -0.3 is 10.2 Å². The smallest absolute Gasteiger partial charge is 0.219 e. The van der Waals surface area contributed by atoms with E-state index in [4.69, 9.17) is 0 Å². The van der Waals surface area contributed by atoms with Crippen LogP contribution in [-0.4, -0.2) is 39.9 Å². The summed E-state index contributed by atoms with van der Waals surface area (Å²) in [6.45, 7) is 9.33. The molecular weight excluding hydrogens is 404 g/mol. The van der Waals surface area contributed by atoms with Crippen LogP contribution < -0.4 is 5.32 Å². The molecule has 0 spiro atoms. The zero-order valence-electron chi connectivity index (χ0n) is 18.5. The van der Waals surface area contributed by atoms with E-state index in [-0.39, 0.29) is 11.9 Å². The zero-order valence-corrected chi connectivity index (χ0v) is 19.3. The van der Waals surface area contributed by atoms with Gasteiger partial charge in [-0.2, -0.15) is 0 Å². The number of rotatable bonds is 3. The second-order valence-electron chi connectivity index (χ2n) is 7.67. The number of thiophene rings is 1. The molecule has 5 rings (SSSR count). The summed E-state index contributed by atoms with van der Waals surface area (Å²) in [6.07, 6.45) is 4.43. The molecule has 1 saturated heterocycles. The molecule has 2 aromatic carbocycles. The van der Waals surface area contributed by atoms with E-state index in [0.717, 1.165) is 47.4 Å². The van der Waals surface area contributed by atoms with Crippen molar-refractivity contribution >= 4 is 44.1 Å². The fourth-order valence-electron chi connectivity index (χ4n) is 4.10. The normalized spacial score (nSPS) is 15.7. The molecule has 1 amide bonds. The van der Waals surface area contributed by atoms with E-state index < -0.39 is 0 Å². The molecule has 4 aromatic rings. The maximum atomic E-state index is 11.7. The SMILES string of the molecule is CC.CC(=O)N1CCC(Nc2cc(-c3ccc4scc(C)c4c3)c3nccnc3c2)C1. The minimum Gasteiger partial charge on any atom is -0.380 e. The van der Waals surface area contributed by atoms with Crippen LogP contribution in [-0.2, 0) is 4.79 Å². The lowest BCUT2D eigenvalue weighted by Gasteiger charge is -2.17. The molecule has 160 valence electrons. The van der Waals surface area contributed by atoms with Crippen molar-refractivity contribution in [2.24, 2.45) is 0 Å². The second-order valence-corrected chi connectivity index (χ2v) is 8.58. The Labute approximate surface area is 187 Å². The third-order valence-electron chi connectivity index (χ3n) is 5.66. The Balaban J connectivity index is 0.00000112. The second kappa shape index (κ2) is 9.02. The standard InChI is InChI=1S/C23H22N4OS.C2H6/c1-14-13-29-22-4-3-16(9-19(14)22)20-10-18(11-21-23(20)25-7-6-24-21)26-17-5-8-27(12-17)15(2)28;1-2/h3-4,6-7,9-11,13,17,26H,5,8,12H2,1-2H3;1-2H3. The van der Waals surface area contributed by atoms with Gasteiger partial charge in [0, 0.05) is 54.4 Å². The molecule has 5 nitrogen and oxygen atoms in total. The first-order valence-electron chi connectivity index (χ1n) is 10.8. The van der Waals surface area contributed by atoms with Gasteiger partial charge in [0.15, 0.2) is 0 Å². The highest BCUT2D eigenvalue weighted by Crippen LogP contribution is 2.35. The van der Waals surface area contributed by atoms with E-state index in [1.165, 1.54) is 15.6 Å². The Morgan fingerprint density at radius 2 is 1.97 bits per heavy atom. The molecule has 31 heavy (non-hydrogen) atoms. The predicted molar refractivity (Wildman–Crippen MR) is 131 cm³/mol. The Hall–Kier alpha value is -2.99. The highest BCUT2D eigenvalue weighted by Gasteiger charge is 2.24. The summed E-state index contributed by atoms with van der Waals surface area (Å²) in [5.74, 6) is 0.138. The fraction of sp³-hybridized carbons (Fsp3) is 0.320. The number of hydrogen-bond donors (Lipinski definition) is 1. The van der Waals surface area contributed by atoms with Crippen LogP contribution in [0.2, 0.25) is 0 Å². The summed E-state index contributed by atoms with van der Waals surface area (Å²) in [4.78, 5) is 22.7. The summed E-state index contributed by atoms with van der Waals surface area (Å²) in [6, 6.07) is 11.1. The molecule has 0 bridgehead atoms. The molecule has 6 heteroatoms. The third kappa shape index (κ3) is 4.26. The first kappa shape index (κ1) is 21.2. The van der Waals surface area contributed by atoms with Gasteiger partial charge >= 0.3 is 0 Å². The summed E-state index contributed by atoms with van der Waals surface area (Å²) >= 11 is 1.78. The Bertz CT molecular complexity index is 1230. The van der Waals surface area contributed by atoms with E-state index in [2.05, 4.69) is 57.9 Å². The monoisotopic (exact) mass is 432 g/mol. The first-order valence-corrected chi connectivity index (χ1v) is 11.7. The molecule has 0 radical (unpaired) electrons. The topological polar surface area (TPSA) is 58.1 Å². The number of aryl methyl sites for hydroxylation is 1. The van der Waals surface area contributed by atoms with Crippen LogP contribution in [0.25, 0.3) is 32.2 Å². The lowest BCUT2D eigenvalue weighted by atomic mass is 10.0. The van der Waals surface area contributed by atoms with Crippen molar-refractivity contribution in [2.45, 2.75) is 40.2 Å². The summed E-state index contributed by atoms with van der Waals surface area (Å²) < 4.78 is 1.30. The van der Waals surface area contributed by atoms with Crippen LogP contribution in [0.5, 0.6) is 0 Å². The fourth-order valence-corrected chi connectivity index (χ4v) is 5.03. The average Bonchev–Trinajstić information content (AvgIpc) is 3.41. The molecule has 1 unspecified atom stereocenters. The van der Waals surface area contributed by atoms with Crippen molar-refractivity contribution in [1.82, 2.24) is 14.9 Å². The van der Waals surface area contributed by atoms with Gasteiger partial charge in [-0.25, -0.2) is 0 Å². The van der Waals surface area contributed by atoms with Crippen LogP contribution in [0.1, 0.15) is 32.8 Å². The summed E-state index contributed by atoms with van der Waals surface area (Å²) in [5.41, 5.74) is 6.31. The van der Waals surface area contributed by atoms with Gasteiger partial charge in [0.25, 0.3) is 0 Å². The number of fused-ring (bicyclic) bond motifs is 2. The van der Waals surface area contributed by atoms with Crippen molar-refractivity contribution in [1.29, 1.82) is 0 Å². The van der Waals surface area contributed by atoms with Crippen LogP contribution in [0.15, 0.2) is 48.1 Å². The number of nitrogens with zero attached hydrogens (tertiary/aromatic N) is 3. The number of nitrogens with one attached hydrogen (secondary N) is 1. The Kier molecular flexibility index (Phi) is 6.18. The molecular formula is C25H28N4OS. The summed E-state index contributed by atoms with van der Waals surface area (Å²) in [7, 11) is 0. The maximum Gasteiger partial charge on any atom is 0.219 e. The minimum absolute atomic E-state index is 0.138. The van der Waals surface area contributed by atoms with Gasteiger partial charge in [-0.1, -0.05) is 19.9 Å². The van der Waals surface area contributed by atoms with E-state index >= 15 is 0 Å². The molecule has 1 aliphatic rings. The molecule has 1 aliphatic heterocycles. The van der Waals surface area contributed by atoms with Crippen molar-refractivity contribution in [3.8, 4) is 11.1 Å². The van der Waals surface area contributed by atoms with Crippen molar-refractivity contribution < 1.29 is 4.79 Å². The average molecular weight is 433 g/mol. The van der Waals surface area contributed by atoms with Crippen molar-refractivity contribution in [3.05, 3.63) is 53.7 Å². The number of amides is 1. The molecule has 1 fully saturated rings. The van der Waals surface area contributed by atoms with E-state index in [9.17, 15) is 4.79 Å². The lowest BCUT2D eigenvalue weighted by molar-refractivity contribution is -0.127. The highest BCUT2D eigenvalue weighted by atomic mass is 32.1. The van der Waals surface area contributed by atoms with Gasteiger partial charge in [-0.05, 0) is 59.5 Å². The van der Waals surface area contributed by atoms with Crippen molar-refractivity contribution in [3.63, 3.8) is 0 Å². The number of aromatic nitrogens is 2. The largest absolute Gasteiger partial charge is 0.380 e. The number of benzene rings is 2. The Morgan fingerprint density at radius 3 is 2.74 bits per heavy atom. The molecule has 0 aliphatic carbocycles. The van der Waals surface area contributed by atoms with E-state index in [0.29, 0.717) is 0 Å². The number of hydrogen-bond acceptors (Lipinski definition) is 5. The number of carbonyl (C=O) groups excluding carboxylic acids is 1. The molecule has 1 atom stereocenters. The Morgan fingerprint density at radius 1 is 1.16 bits per heavy atom. The minimum atomic E-state index is 0.138. The molecule has 2 aromatic heterocycles. The van der Waals surface area contributed by atoms with E-state index in [1.807, 2.05) is 18.7 Å². The third-order valence-corrected chi connectivity index (χ3v) is 6.74. The van der Waals surface area contributed by atoms with Crippen molar-refractivity contribution in [2.75, 3.05) is 18.4 Å². The number of carbonyl (C=O) groups is 1. The zero-order chi connectivity index (χ0) is 22.0. The number of anilines is 1. The van der Waals surface area contributed by atoms with Crippen LogP contribution in [0.4, 0.5) is 5.69 Å². The van der Waals surface area contributed by atoms with Crippen LogP contribution in [0.3, 0.4) is 0 Å². The predicted octanol–water partition coefficient (Wildman–Crippen LogP) is 5.88. The molecule has 0 saturated carbocycles. The number of likely N-dealkylation sites (tertiary alicyclic amines) is 1. The van der Waals surface area contributed by atoms with Gasteiger partial charge in [0.05, 0.1) is 11.0 Å². The van der Waals surface area contributed by atoms with Gasteiger partial charge in [0.2, 0.25) is 5.91 Å². The van der Waals surface area contributed by atoms with Gasteiger partial charge in [0.1, 0.15) is 0 Å². The van der Waals surface area contributed by atoms with Crippen LogP contribution >= 0.6 is 11.3 Å². The van der Waals surface area contributed by atoms with Gasteiger partial charge in [-0.15, -0.1) is 11.3 Å². The lowest BCUT2D eigenvalue weighted by Crippen LogP contribution is -2.29. The van der Waals surface area contributed by atoms with Crippen LogP contribution in [0, 0.1) is 6.92 Å². The quantitative estimate of drug-likeness (QED) is 0.439. The first-order chi connectivity index (χ1) is 15.1. The highest BCUT2D eigenvalue weighted by molar-refractivity contribution is 7.17. The van der Waals surface area contributed by atoms with Gasteiger partial charge in [-0.3, -0.25) is 14.8 Å². The molecule has 1 N–H and O–H groups in total. The summed E-state index contributed by atoms with van der Waals surface area (Å²) in [5, 5.41) is 7.10. The maximum absolute atomic E-state index is 11.7. The van der Waals surface area contributed by atoms with E-state index in [1.54, 1.807) is 30.7 Å². The molecule has 3 heterocycles.